The first-order valence-corrected chi connectivity index (χ1v) is 7.96. The Morgan fingerprint density at radius 2 is 2.00 bits per heavy atom. The summed E-state index contributed by atoms with van der Waals surface area (Å²) in [5, 5.41) is 18.8. The molecule has 23 heavy (non-hydrogen) atoms. The summed E-state index contributed by atoms with van der Waals surface area (Å²) in [4.78, 5) is 5.27. The van der Waals surface area contributed by atoms with Crippen LogP contribution in [-0.2, 0) is 0 Å². The van der Waals surface area contributed by atoms with Gasteiger partial charge in [-0.25, -0.2) is 4.98 Å². The van der Waals surface area contributed by atoms with Crippen LogP contribution in [0.25, 0.3) is 17.2 Å². The standard InChI is InChI=1S/C17H11ClN4S/c1-8-11(5-10-3-4-14(18)23-10)15-9(2)13(7-20)17(21)22-16(15)12(8)6-19/h3-5H,1-2H3,(H2,21,22)/b11-5+. The Balaban J connectivity index is 2.34. The summed E-state index contributed by atoms with van der Waals surface area (Å²) >= 11 is 7.44. The molecule has 2 aromatic rings. The number of nitrogens with zero attached hydrogens (tertiary/aromatic N) is 3. The lowest BCUT2D eigenvalue weighted by Gasteiger charge is -2.10. The van der Waals surface area contributed by atoms with E-state index in [0.29, 0.717) is 21.2 Å². The van der Waals surface area contributed by atoms with E-state index in [1.54, 1.807) is 0 Å². The van der Waals surface area contributed by atoms with Crippen LogP contribution in [0.15, 0.2) is 17.7 Å². The van der Waals surface area contributed by atoms with E-state index in [4.69, 9.17) is 17.3 Å². The Labute approximate surface area is 142 Å². The largest absolute Gasteiger partial charge is 0.383 e. The minimum atomic E-state index is 0.157. The first-order valence-electron chi connectivity index (χ1n) is 6.77. The molecular formula is C17H11ClN4S. The molecule has 0 bridgehead atoms. The molecule has 112 valence electrons. The number of aromatic nitrogens is 1. The highest BCUT2D eigenvalue weighted by Crippen LogP contribution is 2.44. The zero-order valence-corrected chi connectivity index (χ0v) is 14.0. The molecule has 0 saturated carbocycles. The van der Waals surface area contributed by atoms with E-state index in [0.717, 1.165) is 27.2 Å². The molecule has 0 aromatic carbocycles. The molecule has 3 rings (SSSR count). The van der Waals surface area contributed by atoms with Crippen molar-refractivity contribution in [2.24, 2.45) is 0 Å². The number of thiophene rings is 1. The van der Waals surface area contributed by atoms with Gasteiger partial charge in [0.05, 0.1) is 21.2 Å². The molecule has 0 amide bonds. The van der Waals surface area contributed by atoms with Gasteiger partial charge in [0.2, 0.25) is 0 Å². The van der Waals surface area contributed by atoms with Crippen LogP contribution in [0.4, 0.5) is 5.82 Å². The molecule has 4 nitrogen and oxygen atoms in total. The maximum Gasteiger partial charge on any atom is 0.142 e. The summed E-state index contributed by atoms with van der Waals surface area (Å²) in [6.45, 7) is 3.71. The normalized spacial score (nSPS) is 14.7. The Morgan fingerprint density at radius 3 is 2.57 bits per heavy atom. The number of allylic oxidation sites excluding steroid dienone is 3. The van der Waals surface area contributed by atoms with E-state index >= 15 is 0 Å². The average molecular weight is 339 g/mol. The van der Waals surface area contributed by atoms with Crippen molar-refractivity contribution in [3.05, 3.63) is 49.3 Å². The third-order valence-electron chi connectivity index (χ3n) is 3.86. The molecule has 0 radical (unpaired) electrons. The number of fused-ring (bicyclic) bond motifs is 1. The van der Waals surface area contributed by atoms with Crippen LogP contribution in [0.5, 0.6) is 0 Å². The molecular weight excluding hydrogens is 328 g/mol. The van der Waals surface area contributed by atoms with Gasteiger partial charge in [-0.1, -0.05) is 11.6 Å². The van der Waals surface area contributed by atoms with Crippen molar-refractivity contribution in [1.82, 2.24) is 4.98 Å². The summed E-state index contributed by atoms with van der Waals surface area (Å²) < 4.78 is 0.696. The smallest absolute Gasteiger partial charge is 0.142 e. The van der Waals surface area contributed by atoms with E-state index in [1.807, 2.05) is 32.1 Å². The van der Waals surface area contributed by atoms with Crippen molar-refractivity contribution >= 4 is 46.0 Å². The zero-order valence-electron chi connectivity index (χ0n) is 12.4. The third-order valence-corrected chi connectivity index (χ3v) is 5.04. The van der Waals surface area contributed by atoms with E-state index < -0.39 is 0 Å². The van der Waals surface area contributed by atoms with Gasteiger partial charge in [-0.05, 0) is 48.8 Å². The van der Waals surface area contributed by atoms with Gasteiger partial charge in [-0.3, -0.25) is 0 Å². The second-order valence-electron chi connectivity index (χ2n) is 5.14. The number of rotatable bonds is 1. The highest BCUT2D eigenvalue weighted by Gasteiger charge is 2.29. The maximum absolute atomic E-state index is 9.48. The first-order chi connectivity index (χ1) is 11.0. The third kappa shape index (κ3) is 2.31. The zero-order chi connectivity index (χ0) is 16.7. The molecule has 0 saturated heterocycles. The van der Waals surface area contributed by atoms with Crippen molar-refractivity contribution in [3.63, 3.8) is 0 Å². The van der Waals surface area contributed by atoms with Gasteiger partial charge in [0.1, 0.15) is 18.0 Å². The Morgan fingerprint density at radius 1 is 1.26 bits per heavy atom. The van der Waals surface area contributed by atoms with Crippen LogP contribution in [0.2, 0.25) is 4.34 Å². The van der Waals surface area contributed by atoms with Gasteiger partial charge in [0, 0.05) is 10.4 Å². The highest BCUT2D eigenvalue weighted by molar-refractivity contribution is 7.17. The number of nitrogens with two attached hydrogens (primary N) is 1. The lowest BCUT2D eigenvalue weighted by molar-refractivity contribution is 1.22. The lowest BCUT2D eigenvalue weighted by Crippen LogP contribution is -2.03. The molecule has 0 atom stereocenters. The Bertz CT molecular complexity index is 983. The van der Waals surface area contributed by atoms with Crippen LogP contribution >= 0.6 is 22.9 Å². The first kappa shape index (κ1) is 15.3. The molecule has 2 aromatic heterocycles. The quantitative estimate of drug-likeness (QED) is 0.834. The van der Waals surface area contributed by atoms with Crippen LogP contribution in [0.1, 0.15) is 34.2 Å². The second kappa shape index (κ2) is 5.55. The fraction of sp³-hybridized carbons (Fsp3) is 0.118. The molecule has 6 heteroatoms. The maximum atomic E-state index is 9.48. The number of hydrogen-bond acceptors (Lipinski definition) is 5. The highest BCUT2D eigenvalue weighted by atomic mass is 35.5. The monoisotopic (exact) mass is 338 g/mol. The van der Waals surface area contributed by atoms with Gasteiger partial charge < -0.3 is 5.73 Å². The van der Waals surface area contributed by atoms with Gasteiger partial charge in [-0.2, -0.15) is 10.5 Å². The second-order valence-corrected chi connectivity index (χ2v) is 6.89. The molecule has 2 heterocycles. The Hall–Kier alpha value is -2.60. The number of halogens is 1. The van der Waals surface area contributed by atoms with Crippen LogP contribution in [0, 0.1) is 29.6 Å². The molecule has 0 aliphatic heterocycles. The molecule has 0 spiro atoms. The SMILES string of the molecule is CC1=C(C#N)c2nc(N)c(C#N)c(C)c2/C1=C/c1ccc(Cl)s1. The van der Waals surface area contributed by atoms with E-state index in [9.17, 15) is 10.5 Å². The van der Waals surface area contributed by atoms with Crippen molar-refractivity contribution in [2.45, 2.75) is 13.8 Å². The minimum Gasteiger partial charge on any atom is -0.383 e. The summed E-state index contributed by atoms with van der Waals surface area (Å²) in [5.74, 6) is 0.157. The van der Waals surface area contributed by atoms with Crippen LogP contribution in [0.3, 0.4) is 0 Å². The number of anilines is 1. The summed E-state index contributed by atoms with van der Waals surface area (Å²) in [7, 11) is 0. The number of nitrogen functional groups attached to an aromatic ring is 1. The van der Waals surface area contributed by atoms with E-state index in [1.165, 1.54) is 11.3 Å². The Kier molecular flexibility index (Phi) is 3.69. The van der Waals surface area contributed by atoms with Crippen molar-refractivity contribution in [2.75, 3.05) is 5.73 Å². The predicted molar refractivity (Wildman–Crippen MR) is 93.5 cm³/mol. The fourth-order valence-corrected chi connectivity index (χ4v) is 3.75. The van der Waals surface area contributed by atoms with Gasteiger partial charge in [-0.15, -0.1) is 11.3 Å². The van der Waals surface area contributed by atoms with Crippen LogP contribution < -0.4 is 5.73 Å². The molecule has 2 N–H and O–H groups in total. The average Bonchev–Trinajstić information content (AvgIpc) is 3.02. The summed E-state index contributed by atoms with van der Waals surface area (Å²) in [5.41, 5.74) is 10.5. The van der Waals surface area contributed by atoms with Gasteiger partial charge in [0.25, 0.3) is 0 Å². The van der Waals surface area contributed by atoms with Gasteiger partial charge >= 0.3 is 0 Å². The summed E-state index contributed by atoms with van der Waals surface area (Å²) in [6, 6.07) is 8.04. The predicted octanol–water partition coefficient (Wildman–Crippen LogP) is 4.41. The van der Waals surface area contributed by atoms with Crippen molar-refractivity contribution in [1.29, 1.82) is 10.5 Å². The number of hydrogen-bond donors (Lipinski definition) is 1. The topological polar surface area (TPSA) is 86.5 Å². The molecule has 0 unspecified atom stereocenters. The molecule has 0 fully saturated rings. The molecule has 1 aliphatic rings. The van der Waals surface area contributed by atoms with Crippen LogP contribution in [-0.4, -0.2) is 4.98 Å². The van der Waals surface area contributed by atoms with E-state index in [2.05, 4.69) is 17.1 Å². The van der Waals surface area contributed by atoms with Gasteiger partial charge in [0.15, 0.2) is 0 Å². The van der Waals surface area contributed by atoms with Crippen molar-refractivity contribution in [3.8, 4) is 12.1 Å². The lowest BCUT2D eigenvalue weighted by atomic mass is 9.97. The summed E-state index contributed by atoms with van der Waals surface area (Å²) in [6.07, 6.45) is 1.97. The number of nitriles is 2. The van der Waals surface area contributed by atoms with Crippen molar-refractivity contribution < 1.29 is 0 Å². The minimum absolute atomic E-state index is 0.157. The molecule has 1 aliphatic carbocycles. The number of pyridine rings is 1. The van der Waals surface area contributed by atoms with E-state index in [-0.39, 0.29) is 5.82 Å². The fourth-order valence-electron chi connectivity index (χ4n) is 2.74.